The Morgan fingerprint density at radius 2 is 1.88 bits per heavy atom. The van der Waals surface area contributed by atoms with Gasteiger partial charge < -0.3 is 14.9 Å². The fourth-order valence-corrected chi connectivity index (χ4v) is 5.69. The topological polar surface area (TPSA) is 66.8 Å². The van der Waals surface area contributed by atoms with E-state index in [1.54, 1.807) is 6.08 Å². The van der Waals surface area contributed by atoms with Crippen LogP contribution in [0.15, 0.2) is 24.0 Å². The minimum Gasteiger partial charge on any atom is -0.488 e. The SMILES string of the molecule is C=C/C(C)=C1\O[C@]2(C)CC[C@@]3(O)C(C)(C)CCC(=O)[C@]3(C)[C@H]2[C@@H]1O. The van der Waals surface area contributed by atoms with E-state index in [4.69, 9.17) is 4.74 Å². The zero-order valence-electron chi connectivity index (χ0n) is 15.5. The summed E-state index contributed by atoms with van der Waals surface area (Å²) < 4.78 is 6.19. The first-order chi connectivity index (χ1) is 10.9. The van der Waals surface area contributed by atoms with Crippen molar-refractivity contribution < 1.29 is 19.7 Å². The van der Waals surface area contributed by atoms with Crippen LogP contribution in [-0.4, -0.2) is 33.3 Å². The van der Waals surface area contributed by atoms with Crippen molar-refractivity contribution in [1.82, 2.24) is 0 Å². The van der Waals surface area contributed by atoms with Crippen LogP contribution < -0.4 is 0 Å². The van der Waals surface area contributed by atoms with Gasteiger partial charge in [-0.05, 0) is 51.0 Å². The molecule has 5 atom stereocenters. The molecule has 4 nitrogen and oxygen atoms in total. The van der Waals surface area contributed by atoms with E-state index >= 15 is 0 Å². The van der Waals surface area contributed by atoms with Crippen molar-refractivity contribution in [2.45, 2.75) is 77.6 Å². The van der Waals surface area contributed by atoms with Gasteiger partial charge in [0.2, 0.25) is 0 Å². The van der Waals surface area contributed by atoms with E-state index in [0.717, 1.165) is 5.57 Å². The van der Waals surface area contributed by atoms with Crippen LogP contribution in [-0.2, 0) is 9.53 Å². The standard InChI is InChI=1S/C20H30O4/c1-7-12(2)15-14(22)16-18(5,24-15)10-11-20(23)17(3,4)9-8-13(21)19(16,20)6/h7,14,16,22-23H,1,8-11H2,2-6H3/b15-12-/t14-,16+,18-,19-,20-/m1/s1. The van der Waals surface area contributed by atoms with Crippen LogP contribution in [0.4, 0.5) is 0 Å². The first-order valence-corrected chi connectivity index (χ1v) is 8.90. The van der Waals surface area contributed by atoms with Crippen molar-refractivity contribution in [1.29, 1.82) is 0 Å². The largest absolute Gasteiger partial charge is 0.488 e. The van der Waals surface area contributed by atoms with Crippen LogP contribution >= 0.6 is 0 Å². The molecule has 1 heterocycles. The summed E-state index contributed by atoms with van der Waals surface area (Å²) in [6.45, 7) is 13.5. The number of Topliss-reactive ketones (excluding diaryl/α,β-unsaturated/α-hetero) is 1. The van der Waals surface area contributed by atoms with Gasteiger partial charge in [-0.2, -0.15) is 0 Å². The summed E-state index contributed by atoms with van der Waals surface area (Å²) in [6, 6.07) is 0. The fourth-order valence-electron chi connectivity index (χ4n) is 5.69. The molecular weight excluding hydrogens is 304 g/mol. The monoisotopic (exact) mass is 334 g/mol. The van der Waals surface area contributed by atoms with E-state index in [0.29, 0.717) is 31.4 Å². The molecule has 3 aliphatic rings. The van der Waals surface area contributed by atoms with Gasteiger partial charge in [0.15, 0.2) is 0 Å². The van der Waals surface area contributed by atoms with Gasteiger partial charge in [0.05, 0.1) is 11.0 Å². The Morgan fingerprint density at radius 3 is 2.46 bits per heavy atom. The highest BCUT2D eigenvalue weighted by molar-refractivity contribution is 5.88. The summed E-state index contributed by atoms with van der Waals surface area (Å²) in [7, 11) is 0. The van der Waals surface area contributed by atoms with Crippen LogP contribution in [0.1, 0.15) is 60.3 Å². The van der Waals surface area contributed by atoms with E-state index in [1.807, 2.05) is 34.6 Å². The Hall–Kier alpha value is -1.13. The number of ether oxygens (including phenoxy) is 1. The molecule has 0 bridgehead atoms. The van der Waals surface area contributed by atoms with Crippen molar-refractivity contribution in [2.24, 2.45) is 16.7 Å². The highest BCUT2D eigenvalue weighted by Crippen LogP contribution is 2.66. The summed E-state index contributed by atoms with van der Waals surface area (Å²) in [6.07, 6.45) is 2.99. The number of hydrogen-bond acceptors (Lipinski definition) is 4. The molecule has 0 aromatic carbocycles. The zero-order valence-corrected chi connectivity index (χ0v) is 15.5. The van der Waals surface area contributed by atoms with Gasteiger partial charge >= 0.3 is 0 Å². The third-order valence-electron chi connectivity index (χ3n) is 7.42. The number of allylic oxidation sites excluding steroid dienone is 2. The molecule has 0 unspecified atom stereocenters. The smallest absolute Gasteiger partial charge is 0.142 e. The molecule has 0 spiro atoms. The van der Waals surface area contributed by atoms with E-state index in [1.165, 1.54) is 0 Å². The number of rotatable bonds is 1. The quantitative estimate of drug-likeness (QED) is 0.773. The molecule has 0 aromatic heterocycles. The van der Waals surface area contributed by atoms with Gasteiger partial charge in [0, 0.05) is 12.3 Å². The maximum atomic E-state index is 13.1. The van der Waals surface area contributed by atoms with Crippen molar-refractivity contribution in [2.75, 3.05) is 0 Å². The average molecular weight is 334 g/mol. The average Bonchev–Trinajstić information content (AvgIpc) is 2.79. The molecule has 2 N–H and O–H groups in total. The highest BCUT2D eigenvalue weighted by Gasteiger charge is 2.74. The Balaban J connectivity index is 2.21. The molecular formula is C20H30O4. The van der Waals surface area contributed by atoms with Gasteiger partial charge in [-0.25, -0.2) is 0 Å². The maximum absolute atomic E-state index is 13.1. The summed E-state index contributed by atoms with van der Waals surface area (Å²) >= 11 is 0. The highest BCUT2D eigenvalue weighted by atomic mass is 16.5. The van der Waals surface area contributed by atoms with Gasteiger partial charge in [-0.1, -0.05) is 26.5 Å². The second-order valence-corrected chi connectivity index (χ2v) is 8.96. The number of aliphatic hydroxyl groups excluding tert-OH is 1. The molecule has 0 amide bonds. The molecule has 134 valence electrons. The molecule has 2 saturated carbocycles. The first-order valence-electron chi connectivity index (χ1n) is 8.90. The third-order valence-corrected chi connectivity index (χ3v) is 7.42. The summed E-state index contributed by atoms with van der Waals surface area (Å²) in [5.74, 6) is 0.0836. The minimum absolute atomic E-state index is 0.0420. The second kappa shape index (κ2) is 4.95. The number of aliphatic hydroxyl groups is 2. The summed E-state index contributed by atoms with van der Waals surface area (Å²) in [5.41, 5.74) is -2.40. The molecule has 2 aliphatic carbocycles. The van der Waals surface area contributed by atoms with E-state index in [-0.39, 0.29) is 11.2 Å². The molecule has 0 radical (unpaired) electrons. The van der Waals surface area contributed by atoms with Crippen molar-refractivity contribution in [3.63, 3.8) is 0 Å². The molecule has 4 heteroatoms. The van der Waals surface area contributed by atoms with E-state index in [2.05, 4.69) is 6.58 Å². The minimum atomic E-state index is -1.14. The number of carbonyl (C=O) groups excluding carboxylic acids is 1. The van der Waals surface area contributed by atoms with Gasteiger partial charge in [-0.3, -0.25) is 4.79 Å². The van der Waals surface area contributed by atoms with Crippen LogP contribution in [0, 0.1) is 16.7 Å². The molecule has 24 heavy (non-hydrogen) atoms. The van der Waals surface area contributed by atoms with Crippen LogP contribution in [0.3, 0.4) is 0 Å². The van der Waals surface area contributed by atoms with Gasteiger partial charge in [-0.15, -0.1) is 0 Å². The normalized spacial score (nSPS) is 49.0. The zero-order chi connectivity index (χ0) is 18.1. The van der Waals surface area contributed by atoms with E-state index in [9.17, 15) is 15.0 Å². The third kappa shape index (κ3) is 1.84. The Bertz CT molecular complexity index is 634. The van der Waals surface area contributed by atoms with Crippen LogP contribution in [0.2, 0.25) is 0 Å². The lowest BCUT2D eigenvalue weighted by Crippen LogP contribution is -2.72. The predicted octanol–water partition coefficient (Wildman–Crippen LogP) is 3.13. The molecule has 0 aromatic rings. The fraction of sp³-hybridized carbons (Fsp3) is 0.750. The number of carbonyl (C=O) groups is 1. The van der Waals surface area contributed by atoms with Gasteiger partial charge in [0.25, 0.3) is 0 Å². The summed E-state index contributed by atoms with van der Waals surface area (Å²) in [4.78, 5) is 13.1. The van der Waals surface area contributed by atoms with E-state index < -0.39 is 28.6 Å². The Labute approximate surface area is 144 Å². The lowest BCUT2D eigenvalue weighted by Gasteiger charge is -2.63. The van der Waals surface area contributed by atoms with Crippen molar-refractivity contribution >= 4 is 5.78 Å². The lowest BCUT2D eigenvalue weighted by molar-refractivity contribution is -0.247. The van der Waals surface area contributed by atoms with Crippen molar-refractivity contribution in [3.05, 3.63) is 24.0 Å². The number of ketones is 1. The van der Waals surface area contributed by atoms with Crippen molar-refractivity contribution in [3.8, 4) is 0 Å². The Morgan fingerprint density at radius 1 is 1.25 bits per heavy atom. The maximum Gasteiger partial charge on any atom is 0.142 e. The predicted molar refractivity (Wildman–Crippen MR) is 92.2 cm³/mol. The molecule has 3 rings (SSSR count). The van der Waals surface area contributed by atoms with Crippen LogP contribution in [0.5, 0.6) is 0 Å². The summed E-state index contributed by atoms with van der Waals surface area (Å²) in [5, 5.41) is 22.7. The number of hydrogen-bond donors (Lipinski definition) is 2. The first kappa shape index (κ1) is 17.7. The second-order valence-electron chi connectivity index (χ2n) is 8.96. The Kier molecular flexibility index (Phi) is 3.65. The number of fused-ring (bicyclic) bond motifs is 3. The van der Waals surface area contributed by atoms with Crippen LogP contribution in [0.25, 0.3) is 0 Å². The van der Waals surface area contributed by atoms with Gasteiger partial charge in [0.1, 0.15) is 23.2 Å². The molecule has 1 saturated heterocycles. The lowest BCUT2D eigenvalue weighted by atomic mass is 9.42. The molecule has 3 fully saturated rings. The molecule has 1 aliphatic heterocycles.